The third-order valence-electron chi connectivity index (χ3n) is 4.24. The Hall–Kier alpha value is -2.00. The first-order valence-corrected chi connectivity index (χ1v) is 12.3. The molecule has 0 aliphatic carbocycles. The summed E-state index contributed by atoms with van der Waals surface area (Å²) >= 11 is 0. The van der Waals surface area contributed by atoms with Crippen LogP contribution in [0.15, 0.2) is 91.0 Å². The van der Waals surface area contributed by atoms with Crippen molar-refractivity contribution >= 4 is 28.6 Å². The third kappa shape index (κ3) is 6.28. The molecular weight excluding hydrogens is 373 g/mol. The van der Waals surface area contributed by atoms with E-state index in [-0.39, 0.29) is 6.04 Å². The first-order chi connectivity index (χ1) is 13.0. The van der Waals surface area contributed by atoms with Crippen LogP contribution in [0, 0.1) is 0 Å². The van der Waals surface area contributed by atoms with Crippen molar-refractivity contribution in [3.05, 3.63) is 96.6 Å². The van der Waals surface area contributed by atoms with Crippen molar-refractivity contribution in [3.8, 4) is 0 Å². The standard InChI is InChI=1S/C22H24NO2PS/c1-27(24,25)23-20(17-19-11-5-2-6-12-19)18-26(21-13-7-3-8-14-21)22-15-9-4-10-16-22/h2-16,20,23H,17-18H2,1H3/t20-/m0/s1. The Labute approximate surface area is 163 Å². The summed E-state index contributed by atoms with van der Waals surface area (Å²) in [7, 11) is -3.96. The smallest absolute Gasteiger partial charge is 0.208 e. The molecule has 0 spiro atoms. The van der Waals surface area contributed by atoms with E-state index in [4.69, 9.17) is 0 Å². The summed E-state index contributed by atoms with van der Waals surface area (Å²) in [5.74, 6) is 0. The first-order valence-electron chi connectivity index (χ1n) is 8.90. The molecular formula is C22H24NO2PS. The minimum atomic E-state index is -3.29. The molecule has 5 heteroatoms. The Bertz CT molecular complexity index is 892. The second-order valence-corrected chi connectivity index (χ2v) is 10.6. The zero-order valence-corrected chi connectivity index (χ0v) is 17.0. The van der Waals surface area contributed by atoms with Crippen molar-refractivity contribution in [2.75, 3.05) is 12.4 Å². The molecule has 0 heterocycles. The number of nitrogens with one attached hydrogen (secondary N) is 1. The van der Waals surface area contributed by atoms with E-state index < -0.39 is 17.9 Å². The fourth-order valence-electron chi connectivity index (χ4n) is 3.14. The van der Waals surface area contributed by atoms with Crippen LogP contribution in [0.1, 0.15) is 5.56 Å². The molecule has 0 aromatic heterocycles. The highest BCUT2D eigenvalue weighted by Crippen LogP contribution is 2.34. The monoisotopic (exact) mass is 397 g/mol. The molecule has 3 aromatic rings. The van der Waals surface area contributed by atoms with E-state index in [9.17, 15) is 8.42 Å². The predicted molar refractivity (Wildman–Crippen MR) is 116 cm³/mol. The van der Waals surface area contributed by atoms with Gasteiger partial charge in [0.2, 0.25) is 10.0 Å². The predicted octanol–water partition coefficient (Wildman–Crippen LogP) is 3.28. The molecule has 27 heavy (non-hydrogen) atoms. The van der Waals surface area contributed by atoms with Gasteiger partial charge >= 0.3 is 0 Å². The third-order valence-corrected chi connectivity index (χ3v) is 7.65. The Morgan fingerprint density at radius 3 is 1.67 bits per heavy atom. The van der Waals surface area contributed by atoms with Gasteiger partial charge in [0.05, 0.1) is 6.26 Å². The van der Waals surface area contributed by atoms with Crippen molar-refractivity contribution in [3.63, 3.8) is 0 Å². The Balaban J connectivity index is 1.91. The average molecular weight is 397 g/mol. The largest absolute Gasteiger partial charge is 0.213 e. The van der Waals surface area contributed by atoms with Crippen LogP contribution in [-0.2, 0) is 16.4 Å². The normalized spacial score (nSPS) is 12.8. The summed E-state index contributed by atoms with van der Waals surface area (Å²) in [6, 6.07) is 30.6. The maximum absolute atomic E-state index is 12.0. The van der Waals surface area contributed by atoms with Crippen LogP contribution in [0.25, 0.3) is 0 Å². The molecule has 0 aliphatic rings. The summed E-state index contributed by atoms with van der Waals surface area (Å²) in [5.41, 5.74) is 1.13. The summed E-state index contributed by atoms with van der Waals surface area (Å²) in [5, 5.41) is 2.51. The second kappa shape index (κ2) is 9.27. The van der Waals surface area contributed by atoms with E-state index in [1.54, 1.807) is 0 Å². The highest BCUT2D eigenvalue weighted by molar-refractivity contribution is 7.88. The quantitative estimate of drug-likeness (QED) is 0.593. The average Bonchev–Trinajstić information content (AvgIpc) is 2.67. The molecule has 1 N–H and O–H groups in total. The molecule has 0 saturated heterocycles. The van der Waals surface area contributed by atoms with Crippen LogP contribution in [-0.4, -0.2) is 26.9 Å². The van der Waals surface area contributed by atoms with Gasteiger partial charge in [0.15, 0.2) is 0 Å². The molecule has 0 radical (unpaired) electrons. The lowest BCUT2D eigenvalue weighted by Gasteiger charge is -2.25. The summed E-state index contributed by atoms with van der Waals surface area (Å²) < 4.78 is 26.8. The molecule has 0 amide bonds. The van der Waals surface area contributed by atoms with Crippen LogP contribution < -0.4 is 15.3 Å². The van der Waals surface area contributed by atoms with Crippen LogP contribution in [0.2, 0.25) is 0 Å². The van der Waals surface area contributed by atoms with Crippen molar-refractivity contribution in [1.82, 2.24) is 4.72 Å². The minimum Gasteiger partial charge on any atom is -0.213 e. The van der Waals surface area contributed by atoms with Crippen molar-refractivity contribution in [2.24, 2.45) is 0 Å². The lowest BCUT2D eigenvalue weighted by molar-refractivity contribution is 0.567. The van der Waals surface area contributed by atoms with Gasteiger partial charge in [0, 0.05) is 6.04 Å². The van der Waals surface area contributed by atoms with Crippen molar-refractivity contribution in [2.45, 2.75) is 12.5 Å². The molecule has 0 saturated carbocycles. The van der Waals surface area contributed by atoms with E-state index in [2.05, 4.69) is 29.0 Å². The van der Waals surface area contributed by atoms with Gasteiger partial charge in [-0.05, 0) is 36.7 Å². The summed E-state index contributed by atoms with van der Waals surface area (Å²) in [6.45, 7) is 0. The van der Waals surface area contributed by atoms with Gasteiger partial charge in [0.1, 0.15) is 0 Å². The van der Waals surface area contributed by atoms with E-state index >= 15 is 0 Å². The van der Waals surface area contributed by atoms with Crippen molar-refractivity contribution in [1.29, 1.82) is 0 Å². The SMILES string of the molecule is CS(=O)(=O)N[C@@H](Cc1ccccc1)CP(c1ccccc1)c1ccccc1. The van der Waals surface area contributed by atoms with Crippen LogP contribution >= 0.6 is 7.92 Å². The van der Waals surface area contributed by atoms with Crippen LogP contribution in [0.5, 0.6) is 0 Å². The van der Waals surface area contributed by atoms with Gasteiger partial charge in [-0.2, -0.15) is 0 Å². The Morgan fingerprint density at radius 1 is 0.778 bits per heavy atom. The fraction of sp³-hybridized carbons (Fsp3) is 0.182. The van der Waals surface area contributed by atoms with Crippen LogP contribution in [0.3, 0.4) is 0 Å². The van der Waals surface area contributed by atoms with Crippen molar-refractivity contribution < 1.29 is 8.42 Å². The second-order valence-electron chi connectivity index (χ2n) is 6.56. The zero-order chi connectivity index (χ0) is 19.1. The minimum absolute atomic E-state index is 0.158. The number of hydrogen-bond donors (Lipinski definition) is 1. The summed E-state index contributed by atoms with van der Waals surface area (Å²) in [4.78, 5) is 0. The number of hydrogen-bond acceptors (Lipinski definition) is 2. The molecule has 140 valence electrons. The molecule has 0 bridgehead atoms. The maximum Gasteiger partial charge on any atom is 0.208 e. The van der Waals surface area contributed by atoms with Gasteiger partial charge in [0.25, 0.3) is 0 Å². The van der Waals surface area contributed by atoms with Gasteiger partial charge < -0.3 is 0 Å². The fourth-order valence-corrected chi connectivity index (χ4v) is 6.48. The lowest BCUT2D eigenvalue weighted by Crippen LogP contribution is -2.39. The van der Waals surface area contributed by atoms with E-state index in [0.29, 0.717) is 6.42 Å². The molecule has 3 aromatic carbocycles. The molecule has 1 atom stereocenters. The topological polar surface area (TPSA) is 46.2 Å². The summed E-state index contributed by atoms with van der Waals surface area (Å²) in [6.07, 6.45) is 2.66. The number of benzene rings is 3. The number of rotatable bonds is 8. The molecule has 0 unspecified atom stereocenters. The molecule has 3 nitrogen and oxygen atoms in total. The Morgan fingerprint density at radius 2 is 1.22 bits per heavy atom. The Kier molecular flexibility index (Phi) is 6.78. The highest BCUT2D eigenvalue weighted by atomic mass is 32.2. The van der Waals surface area contributed by atoms with E-state index in [0.717, 1.165) is 11.7 Å². The molecule has 0 aliphatic heterocycles. The van der Waals surface area contributed by atoms with Crippen LogP contribution in [0.4, 0.5) is 0 Å². The number of sulfonamides is 1. The maximum atomic E-state index is 12.0. The van der Waals surface area contributed by atoms with Gasteiger partial charge in [-0.25, -0.2) is 13.1 Å². The molecule has 0 fully saturated rings. The van der Waals surface area contributed by atoms with Gasteiger partial charge in [-0.1, -0.05) is 91.0 Å². The van der Waals surface area contributed by atoms with E-state index in [1.807, 2.05) is 66.7 Å². The molecule has 3 rings (SSSR count). The first kappa shape index (κ1) is 19.8. The van der Waals surface area contributed by atoms with Gasteiger partial charge in [-0.15, -0.1) is 0 Å². The zero-order valence-electron chi connectivity index (χ0n) is 15.3. The highest BCUT2D eigenvalue weighted by Gasteiger charge is 2.22. The van der Waals surface area contributed by atoms with E-state index in [1.165, 1.54) is 16.9 Å². The van der Waals surface area contributed by atoms with Gasteiger partial charge in [-0.3, -0.25) is 0 Å². The lowest BCUT2D eigenvalue weighted by atomic mass is 10.1.